The molecule has 1 aliphatic rings. The number of benzene rings is 1. The number of methoxy groups -OCH3 is 1. The number of aromatic nitrogens is 5. The lowest BCUT2D eigenvalue weighted by molar-refractivity contribution is 0.0577. The summed E-state index contributed by atoms with van der Waals surface area (Å²) in [6, 6.07) is 5.51. The van der Waals surface area contributed by atoms with E-state index < -0.39 is 0 Å². The summed E-state index contributed by atoms with van der Waals surface area (Å²) in [6.45, 7) is 6.59. The average molecular weight is 517 g/mol. The van der Waals surface area contributed by atoms with Gasteiger partial charge in [0.15, 0.2) is 5.65 Å². The van der Waals surface area contributed by atoms with Crippen LogP contribution in [0.3, 0.4) is 0 Å². The lowest BCUT2D eigenvalue weighted by Gasteiger charge is -2.35. The number of halogens is 1. The van der Waals surface area contributed by atoms with Crippen LogP contribution in [-0.2, 0) is 0 Å². The minimum Gasteiger partial charge on any atom is -0.496 e. The highest BCUT2D eigenvalue weighted by atomic mass is 35.5. The van der Waals surface area contributed by atoms with Gasteiger partial charge in [0.2, 0.25) is 0 Å². The SMILES string of the molecule is COc1c(C(C)n2nc(C)c3c(N)ncnc32)cc(Cl)c(C)c1-c1cncc(C(=O)N2CC(C#N)C2)c1. The lowest BCUT2D eigenvalue weighted by atomic mass is 9.93. The topological polar surface area (TPSA) is 136 Å². The van der Waals surface area contributed by atoms with Gasteiger partial charge in [-0.3, -0.25) is 9.78 Å². The number of anilines is 1. The van der Waals surface area contributed by atoms with E-state index in [9.17, 15) is 4.79 Å². The molecule has 3 aromatic heterocycles. The van der Waals surface area contributed by atoms with E-state index in [0.29, 0.717) is 51.8 Å². The summed E-state index contributed by atoms with van der Waals surface area (Å²) in [5, 5.41) is 15.0. The van der Waals surface area contributed by atoms with Gasteiger partial charge in [-0.2, -0.15) is 10.4 Å². The van der Waals surface area contributed by atoms with E-state index >= 15 is 0 Å². The molecule has 2 N–H and O–H groups in total. The van der Waals surface area contributed by atoms with Crippen LogP contribution in [0.15, 0.2) is 30.9 Å². The lowest BCUT2D eigenvalue weighted by Crippen LogP contribution is -2.49. The van der Waals surface area contributed by atoms with Gasteiger partial charge in [-0.1, -0.05) is 11.6 Å². The second-order valence-electron chi connectivity index (χ2n) is 9.14. The van der Waals surface area contributed by atoms with Gasteiger partial charge < -0.3 is 15.4 Å². The quantitative estimate of drug-likeness (QED) is 0.421. The van der Waals surface area contributed by atoms with Gasteiger partial charge in [-0.25, -0.2) is 14.6 Å². The number of amides is 1. The molecule has 1 aromatic carbocycles. The highest BCUT2D eigenvalue weighted by Gasteiger charge is 2.32. The third kappa shape index (κ3) is 4.01. The minimum absolute atomic E-state index is 0.123. The number of ether oxygens (including phenoxy) is 1. The van der Waals surface area contributed by atoms with E-state index in [4.69, 9.17) is 32.4 Å². The number of aryl methyl sites for hydroxylation is 1. The molecule has 1 aliphatic heterocycles. The van der Waals surface area contributed by atoms with Crippen LogP contribution in [0.2, 0.25) is 5.02 Å². The first kappa shape index (κ1) is 24.5. The first-order chi connectivity index (χ1) is 17.7. The molecule has 1 unspecified atom stereocenters. The molecule has 1 amide bonds. The first-order valence-electron chi connectivity index (χ1n) is 11.7. The van der Waals surface area contributed by atoms with Crippen molar-refractivity contribution >= 4 is 34.4 Å². The fraction of sp³-hybridized carbons (Fsp3) is 0.308. The Morgan fingerprint density at radius 1 is 1.27 bits per heavy atom. The third-order valence-corrected chi connectivity index (χ3v) is 7.24. The van der Waals surface area contributed by atoms with Gasteiger partial charge >= 0.3 is 0 Å². The van der Waals surface area contributed by atoms with Crippen molar-refractivity contribution in [3.8, 4) is 22.9 Å². The van der Waals surface area contributed by atoms with E-state index in [0.717, 1.165) is 22.4 Å². The van der Waals surface area contributed by atoms with E-state index in [2.05, 4.69) is 21.0 Å². The molecule has 0 saturated carbocycles. The Hall–Kier alpha value is -4.23. The van der Waals surface area contributed by atoms with Gasteiger partial charge in [0.05, 0.1) is 41.8 Å². The van der Waals surface area contributed by atoms with Crippen molar-refractivity contribution < 1.29 is 9.53 Å². The molecule has 5 rings (SSSR count). The van der Waals surface area contributed by atoms with Crippen molar-refractivity contribution in [2.75, 3.05) is 25.9 Å². The number of hydrogen-bond acceptors (Lipinski definition) is 8. The second kappa shape index (κ2) is 9.33. The van der Waals surface area contributed by atoms with Gasteiger partial charge in [-0.05, 0) is 38.5 Å². The maximum atomic E-state index is 13.0. The molecule has 0 spiro atoms. The normalized spacial score (nSPS) is 14.3. The predicted molar refractivity (Wildman–Crippen MR) is 139 cm³/mol. The highest BCUT2D eigenvalue weighted by Crippen LogP contribution is 2.43. The highest BCUT2D eigenvalue weighted by molar-refractivity contribution is 6.32. The Morgan fingerprint density at radius 2 is 2.03 bits per heavy atom. The largest absolute Gasteiger partial charge is 0.496 e. The van der Waals surface area contributed by atoms with Crippen LogP contribution < -0.4 is 10.5 Å². The molecule has 4 aromatic rings. The maximum Gasteiger partial charge on any atom is 0.255 e. The van der Waals surface area contributed by atoms with E-state index in [-0.39, 0.29) is 17.9 Å². The number of carbonyl (C=O) groups is 1. The number of nitrogens with two attached hydrogens (primary N) is 1. The van der Waals surface area contributed by atoms with Crippen molar-refractivity contribution in [2.45, 2.75) is 26.8 Å². The van der Waals surface area contributed by atoms with Gasteiger partial charge in [0.25, 0.3) is 5.91 Å². The predicted octanol–water partition coefficient (Wildman–Crippen LogP) is 3.95. The molecule has 1 atom stereocenters. The van der Waals surface area contributed by atoms with E-state index in [1.54, 1.807) is 29.0 Å². The third-order valence-electron chi connectivity index (χ3n) is 6.84. The summed E-state index contributed by atoms with van der Waals surface area (Å²) < 4.78 is 7.73. The number of nitrogen functional groups attached to an aromatic ring is 1. The molecule has 1 fully saturated rings. The summed E-state index contributed by atoms with van der Waals surface area (Å²) in [5.41, 5.74) is 10.9. The molecule has 1 saturated heterocycles. The number of rotatable bonds is 5. The minimum atomic E-state index is -0.320. The fourth-order valence-corrected chi connectivity index (χ4v) is 5.01. The van der Waals surface area contributed by atoms with Crippen molar-refractivity contribution in [1.82, 2.24) is 29.6 Å². The summed E-state index contributed by atoms with van der Waals surface area (Å²) in [5.74, 6) is 0.676. The zero-order chi connectivity index (χ0) is 26.4. The number of nitriles is 1. The van der Waals surface area contributed by atoms with Crippen LogP contribution in [-0.4, -0.2) is 55.7 Å². The summed E-state index contributed by atoms with van der Waals surface area (Å²) in [4.78, 5) is 27.5. The molecule has 0 radical (unpaired) electrons. The molecule has 0 bridgehead atoms. The molecule has 188 valence electrons. The number of nitrogens with zero attached hydrogens (tertiary/aromatic N) is 7. The number of pyridine rings is 1. The van der Waals surface area contributed by atoms with Crippen molar-refractivity contribution in [2.24, 2.45) is 5.92 Å². The second-order valence-corrected chi connectivity index (χ2v) is 9.55. The Kier molecular flexibility index (Phi) is 6.17. The number of fused-ring (bicyclic) bond motifs is 1. The fourth-order valence-electron chi connectivity index (χ4n) is 4.80. The monoisotopic (exact) mass is 516 g/mol. The number of carbonyl (C=O) groups excluding carboxylic acids is 1. The zero-order valence-electron chi connectivity index (χ0n) is 20.9. The standard InChI is InChI=1S/C26H25ClN8O2/c1-13-20(27)6-19(15(3)35-25-22(14(2)33-35)24(29)31-12-32-25)23(37-4)21(13)17-5-18(9-30-8-17)26(36)34-10-16(7-28)11-34/h5-6,8-9,12,15-16H,10-11H2,1-4H3,(H2,29,31,32). The number of hydrogen-bond donors (Lipinski definition) is 1. The molecular weight excluding hydrogens is 492 g/mol. The number of likely N-dealkylation sites (tertiary alicyclic amines) is 1. The summed E-state index contributed by atoms with van der Waals surface area (Å²) >= 11 is 6.74. The van der Waals surface area contributed by atoms with Crippen molar-refractivity contribution in [1.29, 1.82) is 5.26 Å². The summed E-state index contributed by atoms with van der Waals surface area (Å²) in [7, 11) is 1.60. The summed E-state index contributed by atoms with van der Waals surface area (Å²) in [6.07, 6.45) is 4.63. The Morgan fingerprint density at radius 3 is 2.73 bits per heavy atom. The Bertz CT molecular complexity index is 1590. The van der Waals surface area contributed by atoms with E-state index in [1.807, 2.05) is 26.8 Å². The molecule has 4 heterocycles. The van der Waals surface area contributed by atoms with Crippen molar-refractivity contribution in [3.63, 3.8) is 0 Å². The van der Waals surface area contributed by atoms with Crippen LogP contribution >= 0.6 is 11.6 Å². The smallest absolute Gasteiger partial charge is 0.255 e. The Labute approximate surface area is 218 Å². The molecule has 11 heteroatoms. The molecular formula is C26H25ClN8O2. The first-order valence-corrected chi connectivity index (χ1v) is 12.1. The Balaban J connectivity index is 1.61. The van der Waals surface area contributed by atoms with Crippen LogP contribution in [0.25, 0.3) is 22.2 Å². The average Bonchev–Trinajstić information content (AvgIpc) is 3.21. The van der Waals surface area contributed by atoms with Crippen molar-refractivity contribution in [3.05, 3.63) is 58.3 Å². The van der Waals surface area contributed by atoms with Crippen LogP contribution in [0.4, 0.5) is 5.82 Å². The van der Waals surface area contributed by atoms with Crippen LogP contribution in [0.1, 0.15) is 40.1 Å². The maximum absolute atomic E-state index is 13.0. The molecule has 37 heavy (non-hydrogen) atoms. The zero-order valence-corrected chi connectivity index (χ0v) is 21.6. The van der Waals surface area contributed by atoms with E-state index in [1.165, 1.54) is 12.5 Å². The molecule has 0 aliphatic carbocycles. The van der Waals surface area contributed by atoms with Gasteiger partial charge in [0.1, 0.15) is 17.9 Å². The van der Waals surface area contributed by atoms with Gasteiger partial charge in [-0.15, -0.1) is 0 Å². The molecule has 10 nitrogen and oxygen atoms in total. The van der Waals surface area contributed by atoms with Crippen LogP contribution in [0, 0.1) is 31.1 Å². The van der Waals surface area contributed by atoms with Gasteiger partial charge in [0, 0.05) is 47.2 Å². The van der Waals surface area contributed by atoms with Crippen LogP contribution in [0.5, 0.6) is 5.75 Å².